The summed E-state index contributed by atoms with van der Waals surface area (Å²) in [5, 5.41) is 27.7. The summed E-state index contributed by atoms with van der Waals surface area (Å²) in [7, 11) is 0. The number of rotatable bonds is 11. The van der Waals surface area contributed by atoms with Crippen molar-refractivity contribution in [3.05, 3.63) is 59.7 Å². The number of aliphatic hydroxyl groups excluding tert-OH is 1. The van der Waals surface area contributed by atoms with E-state index in [1.54, 1.807) is 84.9 Å². The molecule has 1 saturated heterocycles. The van der Waals surface area contributed by atoms with Crippen LogP contribution in [0.15, 0.2) is 54.1 Å². The molecule has 0 spiro atoms. The molecular formula is C43H55NO14. The zero-order chi connectivity index (χ0) is 43.1. The minimum Gasteiger partial charge on any atom is -0.461 e. The molecule has 3 unspecified atom stereocenters. The average Bonchev–Trinajstić information content (AvgIpc) is 3.17. The van der Waals surface area contributed by atoms with E-state index in [0.717, 1.165) is 13.0 Å². The minimum absolute atomic E-state index is 0.0844. The fraction of sp³-hybridized carbons (Fsp3) is 0.605. The Morgan fingerprint density at radius 3 is 2.22 bits per heavy atom. The van der Waals surface area contributed by atoms with Gasteiger partial charge in [0.05, 0.1) is 24.0 Å². The number of ketones is 2. The molecule has 12 atom stereocenters. The largest absolute Gasteiger partial charge is 0.461 e. The van der Waals surface area contributed by atoms with E-state index in [-0.39, 0.29) is 19.4 Å². The summed E-state index contributed by atoms with van der Waals surface area (Å²) in [6.07, 6.45) is -4.23. The van der Waals surface area contributed by atoms with E-state index in [4.69, 9.17) is 23.7 Å². The van der Waals surface area contributed by atoms with Crippen LogP contribution in [0.3, 0.4) is 0 Å². The number of hydrogen-bond donors (Lipinski definition) is 3. The van der Waals surface area contributed by atoms with Crippen LogP contribution >= 0.6 is 0 Å². The molecule has 1 aliphatic heterocycles. The molecule has 2 bridgehead atoms. The minimum atomic E-state index is -2.35. The Hall–Kier alpha value is -4.73. The Labute approximate surface area is 337 Å². The summed E-state index contributed by atoms with van der Waals surface area (Å²) < 4.78 is 30.0. The molecule has 4 fully saturated rings. The van der Waals surface area contributed by atoms with Gasteiger partial charge in [0.2, 0.25) is 17.5 Å². The summed E-state index contributed by atoms with van der Waals surface area (Å²) in [5.74, 6) is -10.1. The number of carbonyl (C=O) groups is 7. The van der Waals surface area contributed by atoms with Gasteiger partial charge in [-0.15, -0.1) is 0 Å². The zero-order valence-corrected chi connectivity index (χ0v) is 34.4. The van der Waals surface area contributed by atoms with Gasteiger partial charge in [-0.25, -0.2) is 9.59 Å². The first-order chi connectivity index (χ1) is 27.2. The van der Waals surface area contributed by atoms with Crippen molar-refractivity contribution < 1.29 is 67.5 Å². The number of fused-ring (bicyclic) bond motifs is 5. The highest BCUT2D eigenvalue weighted by molar-refractivity contribution is 6.40. The molecule has 15 nitrogen and oxygen atoms in total. The molecule has 316 valence electrons. The van der Waals surface area contributed by atoms with Gasteiger partial charge in [0, 0.05) is 55.1 Å². The van der Waals surface area contributed by atoms with Gasteiger partial charge in [0.1, 0.15) is 30.0 Å². The Kier molecular flexibility index (Phi) is 12.6. The highest BCUT2D eigenvalue weighted by Crippen LogP contribution is 2.65. The van der Waals surface area contributed by atoms with Crippen LogP contribution in [-0.4, -0.2) is 99.9 Å². The molecule has 0 radical (unpaired) electrons. The molecule has 1 aromatic carbocycles. The number of carbonyl (C=O) groups excluding carboxylic acids is 7. The maximum atomic E-state index is 15.1. The van der Waals surface area contributed by atoms with Crippen molar-refractivity contribution in [2.45, 2.75) is 129 Å². The lowest BCUT2D eigenvalue weighted by atomic mass is 9.42. The SMILES string of the molecule is CC=CC(=O)O[C@H]1C2[C@](C)(C(=O)C(=O)C3C(C)[C@@H](OC(=O)[C@H](O)[C@@H](NC(=O)C(C)=CC)c4ccccc4)C[C@]1(O)C3(C)C)[C@@H](OC(=O)CC)C[C@H]1OC[C@@]21OC(C)=O. The van der Waals surface area contributed by atoms with Crippen LogP contribution in [0, 0.1) is 28.6 Å². The second kappa shape index (κ2) is 16.5. The first-order valence-corrected chi connectivity index (χ1v) is 19.7. The molecule has 1 heterocycles. The summed E-state index contributed by atoms with van der Waals surface area (Å²) in [4.78, 5) is 96.6. The van der Waals surface area contributed by atoms with Crippen LogP contribution in [-0.2, 0) is 57.2 Å². The van der Waals surface area contributed by atoms with E-state index in [9.17, 15) is 39.0 Å². The highest BCUT2D eigenvalue weighted by atomic mass is 16.6. The lowest BCUT2D eigenvalue weighted by molar-refractivity contribution is -0.351. The first-order valence-electron chi connectivity index (χ1n) is 19.7. The quantitative estimate of drug-likeness (QED) is 0.127. The Balaban J connectivity index is 1.68. The van der Waals surface area contributed by atoms with E-state index >= 15 is 4.79 Å². The number of hydrogen-bond acceptors (Lipinski definition) is 14. The van der Waals surface area contributed by atoms with Crippen molar-refractivity contribution in [3.63, 3.8) is 0 Å². The van der Waals surface area contributed by atoms with Gasteiger partial charge in [0.15, 0.2) is 11.7 Å². The van der Waals surface area contributed by atoms with Crippen LogP contribution < -0.4 is 5.32 Å². The molecule has 1 amide bonds. The van der Waals surface area contributed by atoms with Crippen molar-refractivity contribution in [3.8, 4) is 0 Å². The van der Waals surface area contributed by atoms with Crippen molar-refractivity contribution in [1.29, 1.82) is 0 Å². The predicted molar refractivity (Wildman–Crippen MR) is 204 cm³/mol. The highest BCUT2D eigenvalue weighted by Gasteiger charge is 2.80. The van der Waals surface area contributed by atoms with Gasteiger partial charge in [-0.3, -0.25) is 24.0 Å². The Morgan fingerprint density at radius 2 is 1.67 bits per heavy atom. The maximum Gasteiger partial charge on any atom is 0.337 e. The van der Waals surface area contributed by atoms with Crippen LogP contribution in [0.2, 0.25) is 0 Å². The van der Waals surface area contributed by atoms with E-state index < -0.39 is 124 Å². The van der Waals surface area contributed by atoms with E-state index in [0.29, 0.717) is 11.1 Å². The first kappa shape index (κ1) is 44.4. The summed E-state index contributed by atoms with van der Waals surface area (Å²) in [5.41, 5.74) is -7.07. The molecule has 3 saturated carbocycles. The van der Waals surface area contributed by atoms with Gasteiger partial charge in [-0.2, -0.15) is 0 Å². The third-order valence-electron chi connectivity index (χ3n) is 13.1. The van der Waals surface area contributed by atoms with Crippen molar-refractivity contribution in [2.24, 2.45) is 28.6 Å². The maximum absolute atomic E-state index is 15.1. The fourth-order valence-corrected chi connectivity index (χ4v) is 9.76. The van der Waals surface area contributed by atoms with Gasteiger partial charge in [-0.05, 0) is 33.3 Å². The number of esters is 4. The third kappa shape index (κ3) is 7.29. The van der Waals surface area contributed by atoms with Crippen molar-refractivity contribution in [1.82, 2.24) is 5.32 Å². The smallest absolute Gasteiger partial charge is 0.337 e. The summed E-state index contributed by atoms with van der Waals surface area (Å²) in [6.45, 7) is 13.2. The molecule has 5 rings (SSSR count). The van der Waals surface area contributed by atoms with Crippen LogP contribution in [0.25, 0.3) is 0 Å². The lowest BCUT2D eigenvalue weighted by Gasteiger charge is -2.68. The summed E-state index contributed by atoms with van der Waals surface area (Å²) >= 11 is 0. The number of benzene rings is 1. The molecule has 15 heteroatoms. The monoisotopic (exact) mass is 809 g/mol. The van der Waals surface area contributed by atoms with E-state index in [1.807, 2.05) is 0 Å². The molecule has 3 N–H and O–H groups in total. The molecule has 58 heavy (non-hydrogen) atoms. The molecule has 1 aromatic rings. The number of amides is 1. The Morgan fingerprint density at radius 1 is 1.02 bits per heavy atom. The van der Waals surface area contributed by atoms with Gasteiger partial charge < -0.3 is 39.2 Å². The lowest BCUT2D eigenvalue weighted by Crippen LogP contribution is -2.83. The van der Waals surface area contributed by atoms with Crippen molar-refractivity contribution in [2.75, 3.05) is 6.61 Å². The number of Topliss-reactive ketones (excluding diaryl/α,β-unsaturated/α-hetero) is 2. The van der Waals surface area contributed by atoms with Crippen LogP contribution in [0.4, 0.5) is 0 Å². The van der Waals surface area contributed by atoms with Crippen molar-refractivity contribution >= 4 is 41.4 Å². The molecule has 4 aliphatic rings. The number of allylic oxidation sites excluding steroid dienone is 2. The fourth-order valence-electron chi connectivity index (χ4n) is 9.76. The third-order valence-corrected chi connectivity index (χ3v) is 13.1. The number of aliphatic hydroxyl groups is 2. The zero-order valence-electron chi connectivity index (χ0n) is 34.4. The summed E-state index contributed by atoms with van der Waals surface area (Å²) in [6, 6.07) is 6.96. The average molecular weight is 810 g/mol. The second-order valence-electron chi connectivity index (χ2n) is 16.7. The molecule has 0 aromatic heterocycles. The molecular weight excluding hydrogens is 754 g/mol. The standard InChI is InChI=1S/C43H55NO14/c1-10-16-30(47)57-37-35-41(9,27(56-29(46)12-3)19-28-42(35,21-54-28)58-24(6)45)36(50)33(48)31-23(5)26(20-43(37,53)40(31,7)8)55-39(52)34(49)32(25-17-14-13-15-18-25)44-38(51)22(4)11-2/h10-11,13-18,23,26-28,31-32,34-35,37,49,53H,12,19-21H2,1-9H3,(H,44,51)/t23?,26-,27-,28+,31?,32-,34+,35?,37-,41+,42-,43+/m0/s1. The number of ether oxygens (including phenoxy) is 5. The van der Waals surface area contributed by atoms with Gasteiger partial charge in [0.25, 0.3) is 0 Å². The van der Waals surface area contributed by atoms with E-state index in [2.05, 4.69) is 5.32 Å². The van der Waals surface area contributed by atoms with Gasteiger partial charge >= 0.3 is 23.9 Å². The second-order valence-corrected chi connectivity index (χ2v) is 16.7. The van der Waals surface area contributed by atoms with E-state index in [1.165, 1.54) is 13.0 Å². The predicted octanol–water partition coefficient (Wildman–Crippen LogP) is 3.18. The van der Waals surface area contributed by atoms with Crippen LogP contribution in [0.5, 0.6) is 0 Å². The topological polar surface area (TPSA) is 218 Å². The Bertz CT molecular complexity index is 1890. The normalized spacial score (nSPS) is 35.1. The number of nitrogens with one attached hydrogen (secondary N) is 1. The van der Waals surface area contributed by atoms with Gasteiger partial charge in [-0.1, -0.05) is 70.2 Å². The van der Waals surface area contributed by atoms with Crippen LogP contribution in [0.1, 0.15) is 93.2 Å². The molecule has 3 aliphatic carbocycles.